The number of thioether (sulfide) groups is 1. The van der Waals surface area contributed by atoms with Gasteiger partial charge in [0.15, 0.2) is 0 Å². The highest BCUT2D eigenvalue weighted by molar-refractivity contribution is 7.99. The molecule has 0 bridgehead atoms. The number of benzene rings is 2. The summed E-state index contributed by atoms with van der Waals surface area (Å²) in [7, 11) is 1.63. The fourth-order valence-corrected chi connectivity index (χ4v) is 4.09. The van der Waals surface area contributed by atoms with Crippen molar-refractivity contribution in [1.82, 2.24) is 10.2 Å². The van der Waals surface area contributed by atoms with Crippen LogP contribution >= 0.6 is 11.8 Å². The van der Waals surface area contributed by atoms with E-state index < -0.39 is 6.04 Å². The Balaban J connectivity index is 1.66. The van der Waals surface area contributed by atoms with Crippen LogP contribution in [0, 0.1) is 0 Å². The van der Waals surface area contributed by atoms with Gasteiger partial charge in [0.2, 0.25) is 11.8 Å². The van der Waals surface area contributed by atoms with Gasteiger partial charge >= 0.3 is 0 Å². The van der Waals surface area contributed by atoms with Gasteiger partial charge in [0.1, 0.15) is 11.8 Å². The van der Waals surface area contributed by atoms with Gasteiger partial charge in [-0.15, -0.1) is 11.8 Å². The first-order chi connectivity index (χ1) is 13.1. The van der Waals surface area contributed by atoms with Crippen LogP contribution < -0.4 is 10.1 Å². The highest BCUT2D eigenvalue weighted by Crippen LogP contribution is 2.24. The van der Waals surface area contributed by atoms with E-state index in [0.717, 1.165) is 17.1 Å². The van der Waals surface area contributed by atoms with E-state index in [2.05, 4.69) is 17.4 Å². The molecule has 0 aliphatic carbocycles. The fourth-order valence-electron chi connectivity index (χ4n) is 3.18. The minimum Gasteiger partial charge on any atom is -0.497 e. The van der Waals surface area contributed by atoms with Crippen molar-refractivity contribution in [3.05, 3.63) is 59.7 Å². The smallest absolute Gasteiger partial charge is 0.246 e. The summed E-state index contributed by atoms with van der Waals surface area (Å²) >= 11 is 1.55. The molecule has 142 valence electrons. The molecule has 2 aromatic carbocycles. The number of nitrogens with zero attached hydrogens (tertiary/aromatic N) is 1. The Morgan fingerprint density at radius 1 is 1.15 bits per heavy atom. The molecule has 3 rings (SSSR count). The van der Waals surface area contributed by atoms with Gasteiger partial charge in [-0.3, -0.25) is 9.59 Å². The fraction of sp³-hybridized carbons (Fsp3) is 0.333. The van der Waals surface area contributed by atoms with E-state index in [1.165, 1.54) is 18.1 Å². The third-order valence-corrected chi connectivity index (χ3v) is 5.70. The van der Waals surface area contributed by atoms with Crippen LogP contribution in [-0.2, 0) is 22.6 Å². The van der Waals surface area contributed by atoms with Crippen LogP contribution in [0.5, 0.6) is 5.75 Å². The number of carbonyl (C=O) groups excluding carboxylic acids is 2. The number of carbonyl (C=O) groups is 2. The maximum absolute atomic E-state index is 13.0. The van der Waals surface area contributed by atoms with Crippen LogP contribution in [0.2, 0.25) is 0 Å². The number of hydrogen-bond acceptors (Lipinski definition) is 4. The van der Waals surface area contributed by atoms with Crippen LogP contribution in [0.25, 0.3) is 0 Å². The first-order valence-corrected chi connectivity index (χ1v) is 9.95. The van der Waals surface area contributed by atoms with Crippen LogP contribution in [0.15, 0.2) is 53.4 Å². The van der Waals surface area contributed by atoms with E-state index in [1.54, 1.807) is 18.9 Å². The Bertz CT molecular complexity index is 807. The minimum atomic E-state index is -0.542. The van der Waals surface area contributed by atoms with Crippen molar-refractivity contribution in [2.75, 3.05) is 19.4 Å². The Kier molecular flexibility index (Phi) is 6.40. The first-order valence-electron chi connectivity index (χ1n) is 8.96. The summed E-state index contributed by atoms with van der Waals surface area (Å²) in [5.74, 6) is 1.06. The molecule has 0 aromatic heterocycles. The highest BCUT2D eigenvalue weighted by atomic mass is 32.2. The van der Waals surface area contributed by atoms with Gasteiger partial charge in [-0.25, -0.2) is 0 Å². The second kappa shape index (κ2) is 8.95. The van der Waals surface area contributed by atoms with Gasteiger partial charge < -0.3 is 15.0 Å². The molecular formula is C21H24N2O3S. The Hall–Kier alpha value is -2.47. The standard InChI is InChI=1S/C21H24N2O3S/c1-15(24)22-20(14-27-19-9-7-18(26-2)8-10-19)21(25)23-12-11-16-5-3-4-6-17(16)13-23/h3-10,20H,11-14H2,1-2H3,(H,22,24). The molecule has 0 saturated carbocycles. The minimum absolute atomic E-state index is 0.0271. The predicted octanol–water partition coefficient (Wildman–Crippen LogP) is 2.88. The van der Waals surface area contributed by atoms with Crippen LogP contribution in [0.1, 0.15) is 18.1 Å². The third kappa shape index (κ3) is 5.04. The van der Waals surface area contributed by atoms with Gasteiger partial charge in [-0.1, -0.05) is 24.3 Å². The van der Waals surface area contributed by atoms with Crippen molar-refractivity contribution in [2.24, 2.45) is 0 Å². The van der Waals surface area contributed by atoms with E-state index in [1.807, 2.05) is 41.3 Å². The molecule has 0 spiro atoms. The zero-order valence-corrected chi connectivity index (χ0v) is 16.4. The lowest BCUT2D eigenvalue weighted by Gasteiger charge is -2.32. The summed E-state index contributed by atoms with van der Waals surface area (Å²) in [6.07, 6.45) is 0.848. The maximum Gasteiger partial charge on any atom is 0.246 e. The number of methoxy groups -OCH3 is 1. The molecule has 1 unspecified atom stereocenters. The zero-order valence-electron chi connectivity index (χ0n) is 15.6. The summed E-state index contributed by atoms with van der Waals surface area (Å²) in [5.41, 5.74) is 2.48. The van der Waals surface area contributed by atoms with Crippen molar-refractivity contribution in [3.63, 3.8) is 0 Å². The lowest BCUT2D eigenvalue weighted by Crippen LogP contribution is -2.50. The van der Waals surface area contributed by atoms with E-state index >= 15 is 0 Å². The lowest BCUT2D eigenvalue weighted by molar-refractivity contribution is -0.136. The van der Waals surface area contributed by atoms with E-state index in [0.29, 0.717) is 18.8 Å². The van der Waals surface area contributed by atoms with Gasteiger partial charge in [-0.05, 0) is 41.8 Å². The quantitative estimate of drug-likeness (QED) is 0.778. The molecule has 6 heteroatoms. The predicted molar refractivity (Wildman–Crippen MR) is 107 cm³/mol. The van der Waals surface area contributed by atoms with Crippen molar-refractivity contribution >= 4 is 23.6 Å². The zero-order chi connectivity index (χ0) is 19.2. The number of ether oxygens (including phenoxy) is 1. The number of amides is 2. The number of rotatable bonds is 6. The Morgan fingerprint density at radius 2 is 1.85 bits per heavy atom. The van der Waals surface area contributed by atoms with E-state index in [-0.39, 0.29) is 11.8 Å². The molecule has 0 fully saturated rings. The van der Waals surface area contributed by atoms with Crippen LogP contribution in [0.4, 0.5) is 0 Å². The summed E-state index contributed by atoms with van der Waals surface area (Å²) < 4.78 is 5.17. The van der Waals surface area contributed by atoms with Crippen LogP contribution in [0.3, 0.4) is 0 Å². The van der Waals surface area contributed by atoms with Crippen LogP contribution in [-0.4, -0.2) is 42.2 Å². The van der Waals surface area contributed by atoms with Crippen molar-refractivity contribution in [1.29, 1.82) is 0 Å². The van der Waals surface area contributed by atoms with Crippen molar-refractivity contribution in [2.45, 2.75) is 30.8 Å². The molecule has 1 aliphatic rings. The summed E-state index contributed by atoms with van der Waals surface area (Å²) in [6.45, 7) is 2.72. The normalized spacial score (nSPS) is 14.2. The molecule has 0 saturated heterocycles. The SMILES string of the molecule is COc1ccc(SCC(NC(C)=O)C(=O)N2CCc3ccccc3C2)cc1. The number of fused-ring (bicyclic) bond motifs is 1. The second-order valence-electron chi connectivity index (χ2n) is 6.52. The first kappa shape index (κ1) is 19.3. The topological polar surface area (TPSA) is 58.6 Å². The lowest BCUT2D eigenvalue weighted by atomic mass is 9.99. The maximum atomic E-state index is 13.0. The van der Waals surface area contributed by atoms with E-state index in [4.69, 9.17) is 4.74 Å². The molecule has 1 heterocycles. The van der Waals surface area contributed by atoms with Crippen molar-refractivity contribution in [3.8, 4) is 5.75 Å². The molecule has 5 nitrogen and oxygen atoms in total. The van der Waals surface area contributed by atoms with Gasteiger partial charge in [0.05, 0.1) is 7.11 Å². The largest absolute Gasteiger partial charge is 0.497 e. The van der Waals surface area contributed by atoms with Gasteiger partial charge in [0.25, 0.3) is 0 Å². The molecule has 1 aliphatic heterocycles. The number of nitrogens with one attached hydrogen (secondary N) is 1. The van der Waals surface area contributed by atoms with Crippen molar-refractivity contribution < 1.29 is 14.3 Å². The average Bonchev–Trinajstić information content (AvgIpc) is 2.70. The molecule has 2 aromatic rings. The average molecular weight is 385 g/mol. The Morgan fingerprint density at radius 3 is 2.52 bits per heavy atom. The monoisotopic (exact) mass is 384 g/mol. The molecule has 0 radical (unpaired) electrons. The van der Waals surface area contributed by atoms with Gasteiger partial charge in [-0.2, -0.15) is 0 Å². The molecule has 1 atom stereocenters. The molecule has 1 N–H and O–H groups in total. The summed E-state index contributed by atoms with van der Waals surface area (Å²) in [6, 6.07) is 15.3. The van der Waals surface area contributed by atoms with E-state index in [9.17, 15) is 9.59 Å². The summed E-state index contributed by atoms with van der Waals surface area (Å²) in [4.78, 5) is 27.5. The van der Waals surface area contributed by atoms with Gasteiger partial charge in [0, 0.05) is 30.7 Å². The highest BCUT2D eigenvalue weighted by Gasteiger charge is 2.28. The summed E-state index contributed by atoms with van der Waals surface area (Å²) in [5, 5.41) is 2.82. The molecular weight excluding hydrogens is 360 g/mol. The number of hydrogen-bond donors (Lipinski definition) is 1. The molecule has 2 amide bonds. The Labute approximate surface area is 164 Å². The second-order valence-corrected chi connectivity index (χ2v) is 7.61. The molecule has 27 heavy (non-hydrogen) atoms. The third-order valence-electron chi connectivity index (χ3n) is 4.59.